The first kappa shape index (κ1) is 23.7. The van der Waals surface area contributed by atoms with Crippen LogP contribution >= 0.6 is 0 Å². The number of aromatic nitrogens is 3. The van der Waals surface area contributed by atoms with E-state index in [4.69, 9.17) is 10.4 Å². The number of hydrogen-bond acceptors (Lipinski definition) is 5. The summed E-state index contributed by atoms with van der Waals surface area (Å²) in [5.74, 6) is 0.538. The Morgan fingerprint density at radius 1 is 1.14 bits per heavy atom. The Labute approximate surface area is 209 Å². The van der Waals surface area contributed by atoms with Crippen LogP contribution in [-0.2, 0) is 4.79 Å². The van der Waals surface area contributed by atoms with Crippen LogP contribution in [0, 0.1) is 17.1 Å². The van der Waals surface area contributed by atoms with Crippen LogP contribution in [0.5, 0.6) is 0 Å². The maximum Gasteiger partial charge on any atom is 0.306 e. The second-order valence-electron chi connectivity index (χ2n) is 9.29. The summed E-state index contributed by atoms with van der Waals surface area (Å²) in [6.45, 7) is 2.09. The molecule has 36 heavy (non-hydrogen) atoms. The van der Waals surface area contributed by atoms with Gasteiger partial charge in [0.05, 0.1) is 29.5 Å². The first-order chi connectivity index (χ1) is 17.5. The molecule has 2 saturated heterocycles. The highest BCUT2D eigenvalue weighted by molar-refractivity contribution is 5.94. The summed E-state index contributed by atoms with van der Waals surface area (Å²) >= 11 is 0. The molecule has 1 atom stereocenters. The van der Waals surface area contributed by atoms with Gasteiger partial charge in [-0.3, -0.25) is 10.2 Å². The van der Waals surface area contributed by atoms with Crippen molar-refractivity contribution < 1.29 is 14.3 Å². The van der Waals surface area contributed by atoms with E-state index in [1.54, 1.807) is 30.5 Å². The molecule has 186 valence electrons. The van der Waals surface area contributed by atoms with Gasteiger partial charge >= 0.3 is 5.97 Å². The number of anilines is 1. The third kappa shape index (κ3) is 5.15. The minimum Gasteiger partial charge on any atom is -0.481 e. The zero-order chi connectivity index (χ0) is 25.1. The smallest absolute Gasteiger partial charge is 0.306 e. The standard InChI is InChI=1S/C27H29FN6O2/c28-20-5-1-4-19(16-20)23-7-3-13-34(23)24(29)9-10-25-30-17-22(31-25)21-6-2-8-26(32-21)33-14-11-18(12-15-33)27(35)36/h1-2,4-6,8-10,16-18,23,29H,3,7,11-15H2,(H,30,31)(H,35,36)/b10-9-,29-24?. The molecule has 2 aliphatic heterocycles. The van der Waals surface area contributed by atoms with Gasteiger partial charge in [-0.1, -0.05) is 18.2 Å². The van der Waals surface area contributed by atoms with Crippen LogP contribution in [0.1, 0.15) is 43.1 Å². The molecule has 2 aliphatic rings. The van der Waals surface area contributed by atoms with E-state index in [-0.39, 0.29) is 17.8 Å². The molecule has 2 aromatic heterocycles. The van der Waals surface area contributed by atoms with Crippen LogP contribution in [0.3, 0.4) is 0 Å². The number of pyridine rings is 1. The number of carboxylic acid groups (broad SMARTS) is 1. The summed E-state index contributed by atoms with van der Waals surface area (Å²) in [5.41, 5.74) is 2.41. The number of hydrogen-bond donors (Lipinski definition) is 3. The molecule has 0 amide bonds. The molecule has 8 nitrogen and oxygen atoms in total. The zero-order valence-electron chi connectivity index (χ0n) is 19.9. The lowest BCUT2D eigenvalue weighted by Gasteiger charge is -2.31. The Bertz CT molecular complexity index is 1280. The van der Waals surface area contributed by atoms with E-state index in [0.29, 0.717) is 37.6 Å². The number of rotatable bonds is 6. The maximum atomic E-state index is 13.7. The minimum absolute atomic E-state index is 0.00230. The number of benzene rings is 1. The van der Waals surface area contributed by atoms with Crippen LogP contribution in [0.15, 0.2) is 54.7 Å². The molecule has 5 rings (SSSR count). The number of nitrogens with one attached hydrogen (secondary N) is 2. The van der Waals surface area contributed by atoms with Crippen LogP contribution in [0.2, 0.25) is 0 Å². The van der Waals surface area contributed by atoms with Gasteiger partial charge in [0.1, 0.15) is 23.3 Å². The third-order valence-electron chi connectivity index (χ3n) is 6.97. The van der Waals surface area contributed by atoms with Gasteiger partial charge in [0.15, 0.2) is 0 Å². The lowest BCUT2D eigenvalue weighted by molar-refractivity contribution is -0.142. The number of likely N-dealkylation sites (tertiary alicyclic amines) is 1. The normalized spacial score (nSPS) is 18.8. The second-order valence-corrected chi connectivity index (χ2v) is 9.29. The molecule has 3 aromatic rings. The van der Waals surface area contributed by atoms with Gasteiger partial charge in [-0.2, -0.15) is 0 Å². The molecule has 0 saturated carbocycles. The van der Waals surface area contributed by atoms with E-state index >= 15 is 0 Å². The van der Waals surface area contributed by atoms with Crippen molar-refractivity contribution >= 4 is 23.7 Å². The van der Waals surface area contributed by atoms with E-state index < -0.39 is 5.97 Å². The molecule has 9 heteroatoms. The highest BCUT2D eigenvalue weighted by atomic mass is 19.1. The van der Waals surface area contributed by atoms with Gasteiger partial charge < -0.3 is 19.9 Å². The molecular weight excluding hydrogens is 459 g/mol. The molecular formula is C27H29FN6O2. The average molecular weight is 489 g/mol. The summed E-state index contributed by atoms with van der Waals surface area (Å²) < 4.78 is 13.7. The van der Waals surface area contributed by atoms with Crippen LogP contribution < -0.4 is 4.90 Å². The van der Waals surface area contributed by atoms with E-state index in [1.165, 1.54) is 6.07 Å². The topological polar surface area (TPSA) is 109 Å². The fourth-order valence-corrected chi connectivity index (χ4v) is 5.03. The number of halogens is 1. The summed E-state index contributed by atoms with van der Waals surface area (Å²) in [6, 6.07) is 12.4. The van der Waals surface area contributed by atoms with Crippen molar-refractivity contribution in [2.75, 3.05) is 24.5 Å². The number of carboxylic acids is 1. The SMILES string of the molecule is N=C(/C=C\c1ncc(-c2cccc(N3CCC(C(=O)O)CC3)n2)[nH]1)N1CCCC1c1cccc(F)c1. The van der Waals surface area contributed by atoms with Gasteiger partial charge in [-0.05, 0) is 67.7 Å². The van der Waals surface area contributed by atoms with Gasteiger partial charge in [0.2, 0.25) is 0 Å². The van der Waals surface area contributed by atoms with Crippen LogP contribution in [0.4, 0.5) is 10.2 Å². The van der Waals surface area contributed by atoms with Crippen molar-refractivity contribution in [3.63, 3.8) is 0 Å². The fourth-order valence-electron chi connectivity index (χ4n) is 5.03. The molecule has 4 heterocycles. The molecule has 2 fully saturated rings. The molecule has 0 spiro atoms. The number of imidazole rings is 1. The van der Waals surface area contributed by atoms with Gasteiger partial charge in [-0.15, -0.1) is 0 Å². The van der Waals surface area contributed by atoms with Crippen molar-refractivity contribution in [2.24, 2.45) is 5.92 Å². The quantitative estimate of drug-likeness (QED) is 0.342. The molecule has 0 aliphatic carbocycles. The number of amidine groups is 1. The van der Waals surface area contributed by atoms with Crippen molar-refractivity contribution in [1.82, 2.24) is 19.9 Å². The summed E-state index contributed by atoms with van der Waals surface area (Å²) in [4.78, 5) is 27.8. The Hall–Kier alpha value is -4.01. The van der Waals surface area contributed by atoms with Crippen LogP contribution in [0.25, 0.3) is 17.5 Å². The van der Waals surface area contributed by atoms with E-state index in [1.807, 2.05) is 29.2 Å². The fraction of sp³-hybridized carbons (Fsp3) is 0.333. The number of piperidine rings is 1. The average Bonchev–Trinajstić information content (AvgIpc) is 3.58. The Morgan fingerprint density at radius 2 is 1.94 bits per heavy atom. The largest absolute Gasteiger partial charge is 0.481 e. The summed E-state index contributed by atoms with van der Waals surface area (Å²) in [7, 11) is 0. The maximum absolute atomic E-state index is 13.7. The number of aromatic amines is 1. The van der Waals surface area contributed by atoms with Crippen molar-refractivity contribution in [1.29, 1.82) is 5.41 Å². The highest BCUT2D eigenvalue weighted by Crippen LogP contribution is 2.32. The number of H-pyrrole nitrogens is 1. The number of nitrogens with zero attached hydrogens (tertiary/aromatic N) is 4. The molecule has 0 radical (unpaired) electrons. The lowest BCUT2D eigenvalue weighted by atomic mass is 9.97. The molecule has 1 unspecified atom stereocenters. The summed E-state index contributed by atoms with van der Waals surface area (Å²) in [5, 5.41) is 17.8. The highest BCUT2D eigenvalue weighted by Gasteiger charge is 2.27. The van der Waals surface area contributed by atoms with Gasteiger partial charge in [0, 0.05) is 19.6 Å². The molecule has 1 aromatic carbocycles. The molecule has 3 N–H and O–H groups in total. The van der Waals surface area contributed by atoms with Gasteiger partial charge in [-0.25, -0.2) is 14.4 Å². The van der Waals surface area contributed by atoms with Gasteiger partial charge in [0.25, 0.3) is 0 Å². The number of carbonyl (C=O) groups is 1. The van der Waals surface area contributed by atoms with E-state index in [9.17, 15) is 14.3 Å². The third-order valence-corrected chi connectivity index (χ3v) is 6.97. The second kappa shape index (κ2) is 10.3. The van der Waals surface area contributed by atoms with Crippen molar-refractivity contribution in [3.8, 4) is 11.4 Å². The predicted octanol–water partition coefficient (Wildman–Crippen LogP) is 4.74. The monoisotopic (exact) mass is 488 g/mol. The van der Waals surface area contributed by atoms with E-state index in [2.05, 4.69) is 14.9 Å². The predicted molar refractivity (Wildman–Crippen MR) is 136 cm³/mol. The Morgan fingerprint density at radius 3 is 2.72 bits per heavy atom. The first-order valence-corrected chi connectivity index (χ1v) is 12.3. The minimum atomic E-state index is -0.725. The van der Waals surface area contributed by atoms with Crippen molar-refractivity contribution in [2.45, 2.75) is 31.7 Å². The Balaban J connectivity index is 1.25. The van der Waals surface area contributed by atoms with Crippen molar-refractivity contribution in [3.05, 3.63) is 71.9 Å². The zero-order valence-corrected chi connectivity index (χ0v) is 19.9. The Kier molecular flexibility index (Phi) is 6.79. The van der Waals surface area contributed by atoms with Crippen LogP contribution in [-0.4, -0.2) is 56.4 Å². The number of aliphatic carboxylic acids is 1. The summed E-state index contributed by atoms with van der Waals surface area (Å²) in [6.07, 6.45) is 8.28. The lowest BCUT2D eigenvalue weighted by Crippen LogP contribution is -2.36. The van der Waals surface area contributed by atoms with E-state index in [0.717, 1.165) is 42.2 Å². The first-order valence-electron chi connectivity index (χ1n) is 12.3. The molecule has 0 bridgehead atoms.